The number of imide groups is 1. The molecule has 3 rings (SSSR count). The van der Waals surface area contributed by atoms with Crippen LogP contribution in [0, 0.1) is 0 Å². The molecule has 1 aliphatic heterocycles. The molecule has 0 bridgehead atoms. The Kier molecular flexibility index (Phi) is 4.79. The van der Waals surface area contributed by atoms with Crippen LogP contribution in [-0.2, 0) is 11.2 Å². The summed E-state index contributed by atoms with van der Waals surface area (Å²) >= 11 is 0. The van der Waals surface area contributed by atoms with Gasteiger partial charge in [-0.25, -0.2) is 0 Å². The van der Waals surface area contributed by atoms with Crippen LogP contribution in [0.5, 0.6) is 5.75 Å². The van der Waals surface area contributed by atoms with Gasteiger partial charge in [0, 0.05) is 13.1 Å². The van der Waals surface area contributed by atoms with Crippen LogP contribution in [0.25, 0.3) is 0 Å². The summed E-state index contributed by atoms with van der Waals surface area (Å²) in [7, 11) is 1.58. The molecule has 6 nitrogen and oxygen atoms in total. The molecule has 0 radical (unpaired) electrons. The molecule has 1 heterocycles. The first-order valence-electron chi connectivity index (χ1n) is 7.95. The molecule has 25 heavy (non-hydrogen) atoms. The zero-order chi connectivity index (χ0) is 17.8. The Bertz CT molecular complexity index is 779. The Morgan fingerprint density at radius 2 is 1.60 bits per heavy atom. The molecular formula is C19H18N2O4. The highest BCUT2D eigenvalue weighted by Crippen LogP contribution is 2.21. The Labute approximate surface area is 145 Å². The summed E-state index contributed by atoms with van der Waals surface area (Å²) < 4.78 is 5.07. The number of rotatable bonds is 6. The van der Waals surface area contributed by atoms with Crippen molar-refractivity contribution < 1.29 is 19.1 Å². The molecule has 2 aromatic rings. The second-order valence-electron chi connectivity index (χ2n) is 5.68. The number of amides is 3. The number of carbonyl (C=O) groups excluding carboxylic acids is 3. The van der Waals surface area contributed by atoms with Gasteiger partial charge in [0.25, 0.3) is 11.8 Å². The maximum absolute atomic E-state index is 12.2. The van der Waals surface area contributed by atoms with Crippen LogP contribution in [0.1, 0.15) is 26.3 Å². The molecule has 0 fully saturated rings. The summed E-state index contributed by atoms with van der Waals surface area (Å²) in [6.45, 7) is 0.376. The van der Waals surface area contributed by atoms with Crippen LogP contribution >= 0.6 is 0 Å². The number of ether oxygens (including phenoxy) is 1. The highest BCUT2D eigenvalue weighted by atomic mass is 16.5. The fourth-order valence-corrected chi connectivity index (χ4v) is 2.74. The highest BCUT2D eigenvalue weighted by Gasteiger charge is 2.34. The average Bonchev–Trinajstić information content (AvgIpc) is 2.87. The minimum atomic E-state index is -0.315. The number of carbonyl (C=O) groups is 3. The van der Waals surface area contributed by atoms with Crippen LogP contribution in [0.4, 0.5) is 0 Å². The topological polar surface area (TPSA) is 75.7 Å². The molecule has 128 valence electrons. The molecule has 6 heteroatoms. The lowest BCUT2D eigenvalue weighted by Gasteiger charge is -2.14. The third-order valence-electron chi connectivity index (χ3n) is 4.06. The molecule has 0 unspecified atom stereocenters. The van der Waals surface area contributed by atoms with Crippen molar-refractivity contribution in [1.82, 2.24) is 10.2 Å². The summed E-state index contributed by atoms with van der Waals surface area (Å²) in [4.78, 5) is 37.6. The maximum atomic E-state index is 12.2. The van der Waals surface area contributed by atoms with Gasteiger partial charge in [-0.3, -0.25) is 19.3 Å². The third kappa shape index (κ3) is 3.52. The number of hydrogen-bond acceptors (Lipinski definition) is 4. The van der Waals surface area contributed by atoms with Crippen LogP contribution in [0.2, 0.25) is 0 Å². The molecule has 1 N–H and O–H groups in total. The van der Waals surface area contributed by atoms with E-state index in [2.05, 4.69) is 5.32 Å². The van der Waals surface area contributed by atoms with Crippen molar-refractivity contribution in [2.45, 2.75) is 6.42 Å². The van der Waals surface area contributed by atoms with E-state index in [1.165, 1.54) is 4.90 Å². The number of nitrogens with one attached hydrogen (secondary N) is 1. The molecule has 0 spiro atoms. The van der Waals surface area contributed by atoms with E-state index in [-0.39, 0.29) is 37.2 Å². The molecule has 0 aromatic heterocycles. The first-order valence-corrected chi connectivity index (χ1v) is 7.95. The van der Waals surface area contributed by atoms with Crippen molar-refractivity contribution in [1.29, 1.82) is 0 Å². The summed E-state index contributed by atoms with van der Waals surface area (Å²) in [5.41, 5.74) is 1.69. The van der Waals surface area contributed by atoms with Crippen molar-refractivity contribution >= 4 is 17.7 Å². The zero-order valence-corrected chi connectivity index (χ0v) is 13.8. The van der Waals surface area contributed by atoms with E-state index in [0.717, 1.165) is 11.3 Å². The number of methoxy groups -OCH3 is 1. The second kappa shape index (κ2) is 7.17. The van der Waals surface area contributed by atoms with Crippen LogP contribution < -0.4 is 10.1 Å². The maximum Gasteiger partial charge on any atom is 0.261 e. The fourth-order valence-electron chi connectivity index (χ4n) is 2.74. The van der Waals surface area contributed by atoms with Gasteiger partial charge in [0.2, 0.25) is 5.91 Å². The van der Waals surface area contributed by atoms with Crippen molar-refractivity contribution in [3.8, 4) is 5.75 Å². The average molecular weight is 338 g/mol. The normalized spacial score (nSPS) is 12.9. The summed E-state index contributed by atoms with van der Waals surface area (Å²) in [5.74, 6) is -0.0634. The molecule has 0 aliphatic carbocycles. The number of hydrogen-bond donors (Lipinski definition) is 1. The predicted octanol–water partition coefficient (Wildman–Crippen LogP) is 1.65. The van der Waals surface area contributed by atoms with Gasteiger partial charge >= 0.3 is 0 Å². The molecule has 1 aliphatic rings. The van der Waals surface area contributed by atoms with Gasteiger partial charge in [0.15, 0.2) is 0 Å². The minimum Gasteiger partial charge on any atom is -0.497 e. The van der Waals surface area contributed by atoms with Crippen LogP contribution in [-0.4, -0.2) is 42.8 Å². The smallest absolute Gasteiger partial charge is 0.261 e. The Morgan fingerprint density at radius 1 is 1.00 bits per heavy atom. The predicted molar refractivity (Wildman–Crippen MR) is 91.5 cm³/mol. The lowest BCUT2D eigenvalue weighted by Crippen LogP contribution is -2.38. The van der Waals surface area contributed by atoms with E-state index in [4.69, 9.17) is 4.74 Å². The first-order chi connectivity index (χ1) is 12.1. The number of nitrogens with zero attached hydrogens (tertiary/aromatic N) is 1. The lowest BCUT2D eigenvalue weighted by atomic mass is 10.1. The molecule has 0 saturated carbocycles. The van der Waals surface area contributed by atoms with Gasteiger partial charge in [-0.15, -0.1) is 0 Å². The van der Waals surface area contributed by atoms with Crippen molar-refractivity contribution in [2.75, 3.05) is 20.2 Å². The first kappa shape index (κ1) is 16.7. The van der Waals surface area contributed by atoms with Gasteiger partial charge < -0.3 is 10.1 Å². The molecule has 0 saturated heterocycles. The van der Waals surface area contributed by atoms with E-state index in [9.17, 15) is 14.4 Å². The van der Waals surface area contributed by atoms with Crippen molar-refractivity contribution in [3.05, 3.63) is 65.2 Å². The number of fused-ring (bicyclic) bond motifs is 1. The Morgan fingerprint density at radius 3 is 2.16 bits per heavy atom. The molecule has 3 amide bonds. The van der Waals surface area contributed by atoms with Gasteiger partial charge in [-0.1, -0.05) is 24.3 Å². The lowest BCUT2D eigenvalue weighted by molar-refractivity contribution is -0.120. The Balaban J connectivity index is 1.50. The van der Waals surface area contributed by atoms with Crippen LogP contribution in [0.15, 0.2) is 48.5 Å². The largest absolute Gasteiger partial charge is 0.497 e. The molecule has 2 aromatic carbocycles. The van der Waals surface area contributed by atoms with E-state index in [1.54, 1.807) is 43.5 Å². The fraction of sp³-hybridized carbons (Fsp3) is 0.211. The van der Waals surface area contributed by atoms with E-state index in [0.29, 0.717) is 11.1 Å². The highest BCUT2D eigenvalue weighted by molar-refractivity contribution is 6.21. The van der Waals surface area contributed by atoms with Gasteiger partial charge in [0.05, 0.1) is 24.7 Å². The third-order valence-corrected chi connectivity index (χ3v) is 4.06. The minimum absolute atomic E-state index is 0.153. The molecule has 0 atom stereocenters. The Hall–Kier alpha value is -3.15. The van der Waals surface area contributed by atoms with Gasteiger partial charge in [-0.05, 0) is 29.8 Å². The van der Waals surface area contributed by atoms with Gasteiger partial charge in [-0.2, -0.15) is 0 Å². The monoisotopic (exact) mass is 338 g/mol. The summed E-state index contributed by atoms with van der Waals surface area (Å²) in [5, 5.41) is 2.74. The zero-order valence-electron chi connectivity index (χ0n) is 13.8. The quantitative estimate of drug-likeness (QED) is 0.813. The second-order valence-corrected chi connectivity index (χ2v) is 5.68. The van der Waals surface area contributed by atoms with E-state index < -0.39 is 0 Å². The van der Waals surface area contributed by atoms with E-state index in [1.807, 2.05) is 12.1 Å². The van der Waals surface area contributed by atoms with Crippen molar-refractivity contribution in [2.24, 2.45) is 0 Å². The summed E-state index contributed by atoms with van der Waals surface area (Å²) in [6.07, 6.45) is 0.228. The molecular weight excluding hydrogens is 320 g/mol. The summed E-state index contributed by atoms with van der Waals surface area (Å²) in [6, 6.07) is 14.0. The SMILES string of the molecule is COc1ccc(CC(=O)NCCN2C(=O)c3ccccc3C2=O)cc1. The number of benzene rings is 2. The van der Waals surface area contributed by atoms with Gasteiger partial charge in [0.1, 0.15) is 5.75 Å². The van der Waals surface area contributed by atoms with Crippen LogP contribution in [0.3, 0.4) is 0 Å². The van der Waals surface area contributed by atoms with Crippen molar-refractivity contribution in [3.63, 3.8) is 0 Å². The van der Waals surface area contributed by atoms with E-state index >= 15 is 0 Å². The standard InChI is InChI=1S/C19H18N2O4/c1-25-14-8-6-13(7-9-14)12-17(22)20-10-11-21-18(23)15-4-2-3-5-16(15)19(21)24/h2-9H,10-12H2,1H3,(H,20,22).